The summed E-state index contributed by atoms with van der Waals surface area (Å²) in [4.78, 5) is 3.98. The van der Waals surface area contributed by atoms with Crippen LogP contribution in [0.5, 0.6) is 5.75 Å². The topological polar surface area (TPSA) is 53.1 Å². The van der Waals surface area contributed by atoms with Gasteiger partial charge in [0.05, 0.1) is 18.2 Å². The largest absolute Gasteiger partial charge is 0.487 e. The van der Waals surface area contributed by atoms with Gasteiger partial charge in [0.25, 0.3) is 0 Å². The number of hydrogen-bond donors (Lipinski definition) is 1. The first-order valence-corrected chi connectivity index (χ1v) is 5.71. The molecule has 1 aromatic heterocycles. The second kappa shape index (κ2) is 5.18. The van der Waals surface area contributed by atoms with E-state index in [-0.39, 0.29) is 11.9 Å². The van der Waals surface area contributed by atoms with Crippen LogP contribution in [0.1, 0.15) is 24.2 Å². The fourth-order valence-electron chi connectivity index (χ4n) is 1.65. The lowest BCUT2D eigenvalue weighted by Gasteiger charge is -2.10. The van der Waals surface area contributed by atoms with Crippen molar-refractivity contribution in [1.29, 1.82) is 0 Å². The first-order chi connectivity index (χ1) is 8.58. The third kappa shape index (κ3) is 2.68. The molecule has 2 rings (SSSR count). The third-order valence-electron chi connectivity index (χ3n) is 2.77. The number of nitrogens with two attached hydrogens (primary N) is 1. The molecular weight excluding hydrogens is 233 g/mol. The number of rotatable bonds is 4. The maximum Gasteiger partial charge on any atom is 0.131 e. The Morgan fingerprint density at radius 1 is 1.50 bits per heavy atom. The molecule has 0 radical (unpaired) electrons. The summed E-state index contributed by atoms with van der Waals surface area (Å²) < 4.78 is 21.0. The van der Waals surface area contributed by atoms with Crippen molar-refractivity contribution < 1.29 is 9.13 Å². The van der Waals surface area contributed by atoms with Crippen LogP contribution in [0.4, 0.5) is 4.39 Å². The summed E-state index contributed by atoms with van der Waals surface area (Å²) in [5.41, 5.74) is 7.05. The molecule has 0 aliphatic heterocycles. The quantitative estimate of drug-likeness (QED) is 0.903. The fourth-order valence-corrected chi connectivity index (χ4v) is 1.65. The molecule has 1 aromatic carbocycles. The summed E-state index contributed by atoms with van der Waals surface area (Å²) in [5, 5.41) is 0. The van der Waals surface area contributed by atoms with Crippen LogP contribution in [0, 0.1) is 5.82 Å². The van der Waals surface area contributed by atoms with Crippen LogP contribution >= 0.6 is 0 Å². The van der Waals surface area contributed by atoms with Crippen molar-refractivity contribution >= 4 is 0 Å². The smallest absolute Gasteiger partial charge is 0.131 e. The molecule has 0 amide bonds. The summed E-state index contributed by atoms with van der Waals surface area (Å²) in [6.45, 7) is 2.10. The van der Waals surface area contributed by atoms with Gasteiger partial charge in [0.2, 0.25) is 0 Å². The predicted octanol–water partition coefficient (Wildman–Crippen LogP) is 2.16. The molecule has 0 bridgehead atoms. The molecule has 0 saturated carbocycles. The molecule has 4 nitrogen and oxygen atoms in total. The third-order valence-corrected chi connectivity index (χ3v) is 2.77. The molecule has 0 saturated heterocycles. The number of ether oxygens (including phenoxy) is 1. The van der Waals surface area contributed by atoms with Gasteiger partial charge in [0.15, 0.2) is 0 Å². The minimum Gasteiger partial charge on any atom is -0.487 e. The maximum atomic E-state index is 13.7. The van der Waals surface area contributed by atoms with E-state index in [1.807, 2.05) is 11.6 Å². The fraction of sp³-hybridized carbons (Fsp3) is 0.308. The van der Waals surface area contributed by atoms with E-state index in [1.54, 1.807) is 31.6 Å². The Morgan fingerprint density at radius 2 is 2.28 bits per heavy atom. The van der Waals surface area contributed by atoms with Gasteiger partial charge in [0.1, 0.15) is 18.2 Å². The molecule has 0 fully saturated rings. The van der Waals surface area contributed by atoms with Gasteiger partial charge >= 0.3 is 0 Å². The number of halogens is 1. The van der Waals surface area contributed by atoms with E-state index in [1.165, 1.54) is 6.07 Å². The summed E-state index contributed by atoms with van der Waals surface area (Å²) in [6, 6.07) is 4.40. The molecular formula is C13H16FN3O. The van der Waals surface area contributed by atoms with Crippen molar-refractivity contribution in [1.82, 2.24) is 9.55 Å². The summed E-state index contributed by atoms with van der Waals surface area (Å²) >= 11 is 0. The van der Waals surface area contributed by atoms with Crippen LogP contribution in [0.15, 0.2) is 30.7 Å². The predicted molar refractivity (Wildman–Crippen MR) is 66.5 cm³/mol. The van der Waals surface area contributed by atoms with Crippen LogP contribution in [0.2, 0.25) is 0 Å². The zero-order valence-electron chi connectivity index (χ0n) is 10.4. The Bertz CT molecular complexity index is 537. The normalized spacial score (nSPS) is 12.4. The second-order valence-electron chi connectivity index (χ2n) is 4.26. The van der Waals surface area contributed by atoms with Crippen LogP contribution in [-0.2, 0) is 13.7 Å². The highest BCUT2D eigenvalue weighted by Gasteiger charge is 2.08. The second-order valence-corrected chi connectivity index (χ2v) is 4.26. The van der Waals surface area contributed by atoms with Gasteiger partial charge < -0.3 is 15.0 Å². The van der Waals surface area contributed by atoms with Gasteiger partial charge in [0, 0.05) is 24.7 Å². The van der Waals surface area contributed by atoms with Gasteiger partial charge in [-0.2, -0.15) is 0 Å². The number of aryl methyl sites for hydroxylation is 1. The molecule has 0 unspecified atom stereocenters. The van der Waals surface area contributed by atoms with Gasteiger partial charge in [-0.25, -0.2) is 9.37 Å². The van der Waals surface area contributed by atoms with E-state index in [9.17, 15) is 4.39 Å². The van der Waals surface area contributed by atoms with Crippen LogP contribution in [-0.4, -0.2) is 9.55 Å². The monoisotopic (exact) mass is 249 g/mol. The molecule has 0 spiro atoms. The Labute approximate surface area is 105 Å². The molecule has 96 valence electrons. The maximum absolute atomic E-state index is 13.7. The highest BCUT2D eigenvalue weighted by Crippen LogP contribution is 2.21. The van der Waals surface area contributed by atoms with Crippen molar-refractivity contribution in [2.75, 3.05) is 0 Å². The number of nitrogens with zero attached hydrogens (tertiary/aromatic N) is 2. The molecule has 2 N–H and O–H groups in total. The van der Waals surface area contributed by atoms with Crippen molar-refractivity contribution in [3.63, 3.8) is 0 Å². The van der Waals surface area contributed by atoms with E-state index in [4.69, 9.17) is 10.5 Å². The average molecular weight is 249 g/mol. The number of benzene rings is 1. The molecule has 0 aliphatic carbocycles. The Balaban J connectivity index is 2.07. The van der Waals surface area contributed by atoms with Crippen molar-refractivity contribution in [2.45, 2.75) is 19.6 Å². The Hall–Kier alpha value is -1.88. The molecule has 1 heterocycles. The first kappa shape index (κ1) is 12.6. The SMILES string of the molecule is C[C@@H](N)c1ccc(OCc2cncn2C)cc1F. The summed E-state index contributed by atoms with van der Waals surface area (Å²) in [6.07, 6.45) is 3.41. The Morgan fingerprint density at radius 3 is 2.83 bits per heavy atom. The number of hydrogen-bond acceptors (Lipinski definition) is 3. The highest BCUT2D eigenvalue weighted by atomic mass is 19.1. The molecule has 5 heteroatoms. The summed E-state index contributed by atoms with van der Waals surface area (Å²) in [7, 11) is 1.88. The van der Waals surface area contributed by atoms with E-state index in [0.717, 1.165) is 5.69 Å². The summed E-state index contributed by atoms with van der Waals surface area (Å²) in [5.74, 6) is 0.144. The average Bonchev–Trinajstić information content (AvgIpc) is 2.72. The number of aromatic nitrogens is 2. The van der Waals surface area contributed by atoms with E-state index >= 15 is 0 Å². The van der Waals surface area contributed by atoms with Gasteiger partial charge in [-0.15, -0.1) is 0 Å². The standard InChI is InChI=1S/C13H16FN3O/c1-9(15)12-4-3-11(5-13(12)14)18-7-10-6-16-8-17(10)2/h3-6,8-9H,7,15H2,1-2H3/t9-/m1/s1. The van der Waals surface area contributed by atoms with Crippen molar-refractivity contribution in [2.24, 2.45) is 12.8 Å². The lowest BCUT2D eigenvalue weighted by Crippen LogP contribution is -2.07. The lowest BCUT2D eigenvalue weighted by atomic mass is 10.1. The van der Waals surface area contributed by atoms with Crippen molar-refractivity contribution in [3.8, 4) is 5.75 Å². The molecule has 2 aromatic rings. The molecule has 18 heavy (non-hydrogen) atoms. The van der Waals surface area contributed by atoms with Gasteiger partial charge in [-0.05, 0) is 13.0 Å². The lowest BCUT2D eigenvalue weighted by molar-refractivity contribution is 0.295. The first-order valence-electron chi connectivity index (χ1n) is 5.71. The highest BCUT2D eigenvalue weighted by molar-refractivity contribution is 5.30. The number of imidazole rings is 1. The van der Waals surface area contributed by atoms with E-state index < -0.39 is 0 Å². The minimum absolute atomic E-state index is 0.323. The Kier molecular flexibility index (Phi) is 3.62. The van der Waals surface area contributed by atoms with Crippen LogP contribution < -0.4 is 10.5 Å². The van der Waals surface area contributed by atoms with Gasteiger partial charge in [-0.1, -0.05) is 6.07 Å². The van der Waals surface area contributed by atoms with E-state index in [2.05, 4.69) is 4.98 Å². The molecule has 0 aliphatic rings. The van der Waals surface area contributed by atoms with Crippen molar-refractivity contribution in [3.05, 3.63) is 47.8 Å². The molecule has 1 atom stereocenters. The zero-order chi connectivity index (χ0) is 13.1. The van der Waals surface area contributed by atoms with Crippen LogP contribution in [0.25, 0.3) is 0 Å². The van der Waals surface area contributed by atoms with Gasteiger partial charge in [-0.3, -0.25) is 0 Å². The van der Waals surface area contributed by atoms with E-state index in [0.29, 0.717) is 17.9 Å². The minimum atomic E-state index is -0.340. The van der Waals surface area contributed by atoms with Crippen LogP contribution in [0.3, 0.4) is 0 Å². The zero-order valence-corrected chi connectivity index (χ0v) is 10.4.